The first-order chi connectivity index (χ1) is 15.7. The molecule has 0 radical (unpaired) electrons. The predicted octanol–water partition coefficient (Wildman–Crippen LogP) is 4.33. The maximum atomic E-state index is 12.9. The second-order valence-electron chi connectivity index (χ2n) is 9.44. The molecule has 2 aliphatic heterocycles. The van der Waals surface area contributed by atoms with Crippen molar-refractivity contribution < 1.29 is 4.79 Å². The van der Waals surface area contributed by atoms with Gasteiger partial charge in [0.2, 0.25) is 0 Å². The molecule has 2 saturated heterocycles. The molecule has 1 amide bonds. The van der Waals surface area contributed by atoms with E-state index in [9.17, 15) is 4.79 Å². The van der Waals surface area contributed by atoms with Gasteiger partial charge < -0.3 is 14.8 Å². The number of carbonyl (C=O) groups is 1. The van der Waals surface area contributed by atoms with Gasteiger partial charge in [-0.25, -0.2) is 0 Å². The molecule has 5 heteroatoms. The third-order valence-corrected chi connectivity index (χ3v) is 7.61. The SMILES string of the molecule is CN(CCN1CCC(c2ccccc2)(N2CCCC2)CC1)C(=O)c1ccc2cc[nH]c2c1. The lowest BCUT2D eigenvalue weighted by Crippen LogP contribution is -2.53. The van der Waals surface area contributed by atoms with Gasteiger partial charge in [-0.05, 0) is 67.9 Å². The summed E-state index contributed by atoms with van der Waals surface area (Å²) in [7, 11) is 1.92. The molecular formula is C27H34N4O. The number of H-pyrrole nitrogens is 1. The van der Waals surface area contributed by atoms with Crippen LogP contribution in [0.5, 0.6) is 0 Å². The highest BCUT2D eigenvalue weighted by molar-refractivity contribution is 5.97. The van der Waals surface area contributed by atoms with Crippen LogP contribution < -0.4 is 0 Å². The van der Waals surface area contributed by atoms with Gasteiger partial charge in [0.25, 0.3) is 5.91 Å². The number of piperidine rings is 1. The minimum atomic E-state index is 0.0919. The summed E-state index contributed by atoms with van der Waals surface area (Å²) in [6, 6.07) is 19.1. The van der Waals surface area contributed by atoms with Crippen molar-refractivity contribution in [2.75, 3.05) is 46.3 Å². The maximum Gasteiger partial charge on any atom is 0.253 e. The summed E-state index contributed by atoms with van der Waals surface area (Å²) < 4.78 is 0. The Hall–Kier alpha value is -2.63. The fourth-order valence-electron chi connectivity index (χ4n) is 5.62. The van der Waals surface area contributed by atoms with Crippen molar-refractivity contribution in [3.8, 4) is 0 Å². The topological polar surface area (TPSA) is 42.6 Å². The highest BCUT2D eigenvalue weighted by Gasteiger charge is 2.42. The van der Waals surface area contributed by atoms with Crippen LogP contribution in [-0.4, -0.2) is 71.9 Å². The Labute approximate surface area is 191 Å². The van der Waals surface area contributed by atoms with Crippen molar-refractivity contribution >= 4 is 16.8 Å². The van der Waals surface area contributed by atoms with E-state index in [1.165, 1.54) is 31.5 Å². The van der Waals surface area contributed by atoms with E-state index in [4.69, 9.17) is 0 Å². The Bertz CT molecular complexity index is 1050. The fraction of sp³-hybridized carbons (Fsp3) is 0.444. The smallest absolute Gasteiger partial charge is 0.253 e. The highest BCUT2D eigenvalue weighted by atomic mass is 16.2. The van der Waals surface area contributed by atoms with Crippen molar-refractivity contribution in [3.63, 3.8) is 0 Å². The summed E-state index contributed by atoms with van der Waals surface area (Å²) in [6.07, 6.45) is 6.88. The number of nitrogens with one attached hydrogen (secondary N) is 1. The number of amides is 1. The van der Waals surface area contributed by atoms with Crippen LogP contribution in [0.1, 0.15) is 41.6 Å². The van der Waals surface area contributed by atoms with Gasteiger partial charge in [0, 0.05) is 56.0 Å². The molecule has 0 aliphatic carbocycles. The Morgan fingerprint density at radius 3 is 2.50 bits per heavy atom. The molecule has 2 aliphatic rings. The molecule has 2 fully saturated rings. The minimum Gasteiger partial charge on any atom is -0.361 e. The average molecular weight is 431 g/mol. The maximum absolute atomic E-state index is 12.9. The number of likely N-dealkylation sites (tertiary alicyclic amines) is 2. The van der Waals surface area contributed by atoms with E-state index < -0.39 is 0 Å². The lowest BCUT2D eigenvalue weighted by molar-refractivity contribution is 0.0313. The molecule has 3 heterocycles. The number of aromatic nitrogens is 1. The summed E-state index contributed by atoms with van der Waals surface area (Å²) >= 11 is 0. The largest absolute Gasteiger partial charge is 0.361 e. The van der Waals surface area contributed by atoms with Gasteiger partial charge in [0.05, 0.1) is 0 Å². The van der Waals surface area contributed by atoms with Gasteiger partial charge >= 0.3 is 0 Å². The molecule has 1 aromatic heterocycles. The lowest BCUT2D eigenvalue weighted by Gasteiger charge is -2.48. The normalized spacial score (nSPS) is 19.4. The van der Waals surface area contributed by atoms with Crippen molar-refractivity contribution in [1.29, 1.82) is 0 Å². The zero-order chi connectivity index (χ0) is 22.0. The molecule has 0 spiro atoms. The number of hydrogen-bond acceptors (Lipinski definition) is 3. The molecule has 0 unspecified atom stereocenters. The Morgan fingerprint density at radius 2 is 1.75 bits per heavy atom. The molecule has 5 rings (SSSR count). The van der Waals surface area contributed by atoms with Crippen LogP contribution in [0.3, 0.4) is 0 Å². The van der Waals surface area contributed by atoms with Crippen molar-refractivity contribution in [3.05, 3.63) is 71.9 Å². The van der Waals surface area contributed by atoms with Gasteiger partial charge in [-0.2, -0.15) is 0 Å². The molecule has 3 aromatic rings. The van der Waals surface area contributed by atoms with Crippen molar-refractivity contribution in [2.45, 2.75) is 31.2 Å². The Morgan fingerprint density at radius 1 is 1.00 bits per heavy atom. The van der Waals surface area contributed by atoms with E-state index in [1.54, 1.807) is 0 Å². The number of likely N-dealkylation sites (N-methyl/N-ethyl adjacent to an activating group) is 1. The number of fused-ring (bicyclic) bond motifs is 1. The second kappa shape index (κ2) is 9.08. The van der Waals surface area contributed by atoms with Crippen LogP contribution in [0, 0.1) is 0 Å². The average Bonchev–Trinajstić information content (AvgIpc) is 3.55. The number of nitrogens with zero attached hydrogens (tertiary/aromatic N) is 3. The van der Waals surface area contributed by atoms with Crippen LogP contribution in [0.15, 0.2) is 60.8 Å². The molecule has 0 saturated carbocycles. The van der Waals surface area contributed by atoms with Gasteiger partial charge in [-0.3, -0.25) is 9.69 Å². The van der Waals surface area contributed by atoms with Crippen LogP contribution >= 0.6 is 0 Å². The molecule has 168 valence electrons. The quantitative estimate of drug-likeness (QED) is 0.633. The number of hydrogen-bond donors (Lipinski definition) is 1. The summed E-state index contributed by atoms with van der Waals surface area (Å²) in [6.45, 7) is 6.29. The van der Waals surface area contributed by atoms with Crippen molar-refractivity contribution in [2.24, 2.45) is 0 Å². The van der Waals surface area contributed by atoms with Gasteiger partial charge in [0.1, 0.15) is 0 Å². The van der Waals surface area contributed by atoms with Gasteiger partial charge in [0.15, 0.2) is 0 Å². The number of carbonyl (C=O) groups excluding carboxylic acids is 1. The number of benzene rings is 2. The number of aromatic amines is 1. The molecule has 2 aromatic carbocycles. The third kappa shape index (κ3) is 4.07. The van der Waals surface area contributed by atoms with Crippen LogP contribution in [0.25, 0.3) is 10.9 Å². The standard InChI is InChI=1S/C27H34N4O/c1-29(26(32)23-10-9-22-11-14-28-25(22)21-23)19-20-30-17-12-27(13-18-30,31-15-5-6-16-31)24-7-3-2-4-8-24/h2-4,7-11,14,21,28H,5-6,12-13,15-20H2,1H3. The van der Waals surface area contributed by atoms with Crippen molar-refractivity contribution in [1.82, 2.24) is 19.7 Å². The predicted molar refractivity (Wildman–Crippen MR) is 130 cm³/mol. The second-order valence-corrected chi connectivity index (χ2v) is 9.44. The molecule has 1 N–H and O–H groups in total. The zero-order valence-corrected chi connectivity index (χ0v) is 19.1. The van der Waals surface area contributed by atoms with E-state index >= 15 is 0 Å². The van der Waals surface area contributed by atoms with Gasteiger partial charge in [-0.1, -0.05) is 36.4 Å². The zero-order valence-electron chi connectivity index (χ0n) is 19.1. The van der Waals surface area contributed by atoms with E-state index in [1.807, 2.05) is 42.4 Å². The summed E-state index contributed by atoms with van der Waals surface area (Å²) in [4.78, 5) is 23.3. The van der Waals surface area contributed by atoms with Gasteiger partial charge in [-0.15, -0.1) is 0 Å². The van der Waals surface area contributed by atoms with E-state index in [0.29, 0.717) is 0 Å². The molecule has 0 atom stereocenters. The third-order valence-electron chi connectivity index (χ3n) is 7.61. The van der Waals surface area contributed by atoms with E-state index in [0.717, 1.165) is 55.5 Å². The summed E-state index contributed by atoms with van der Waals surface area (Å²) in [5.41, 5.74) is 3.42. The molecule has 5 nitrogen and oxygen atoms in total. The first-order valence-electron chi connectivity index (χ1n) is 12.0. The number of rotatable bonds is 6. The fourth-order valence-corrected chi connectivity index (χ4v) is 5.62. The molecule has 32 heavy (non-hydrogen) atoms. The van der Waals surface area contributed by atoms with Crippen LogP contribution in [-0.2, 0) is 5.54 Å². The summed E-state index contributed by atoms with van der Waals surface area (Å²) in [5, 5.41) is 1.14. The lowest BCUT2D eigenvalue weighted by atomic mass is 9.79. The minimum absolute atomic E-state index is 0.0919. The highest BCUT2D eigenvalue weighted by Crippen LogP contribution is 2.40. The monoisotopic (exact) mass is 430 g/mol. The Kier molecular flexibility index (Phi) is 6.03. The molecule has 0 bridgehead atoms. The van der Waals surface area contributed by atoms with E-state index in [-0.39, 0.29) is 11.4 Å². The first kappa shape index (κ1) is 21.2. The van der Waals surface area contributed by atoms with E-state index in [2.05, 4.69) is 45.1 Å². The summed E-state index contributed by atoms with van der Waals surface area (Å²) in [5.74, 6) is 0.0919. The molecular weight excluding hydrogens is 396 g/mol. The first-order valence-corrected chi connectivity index (χ1v) is 12.0. The Balaban J connectivity index is 1.20. The van der Waals surface area contributed by atoms with Crippen LogP contribution in [0.2, 0.25) is 0 Å². The van der Waals surface area contributed by atoms with Crippen LogP contribution in [0.4, 0.5) is 0 Å².